The first kappa shape index (κ1) is 15.5. The quantitative estimate of drug-likeness (QED) is 0.523. The van der Waals surface area contributed by atoms with Gasteiger partial charge in [-0.25, -0.2) is 4.79 Å². The molecule has 0 aromatic heterocycles. The van der Waals surface area contributed by atoms with E-state index in [1.165, 1.54) is 5.57 Å². The van der Waals surface area contributed by atoms with E-state index in [0.29, 0.717) is 6.54 Å². The Morgan fingerprint density at radius 3 is 2.41 bits per heavy atom. The lowest BCUT2D eigenvalue weighted by Gasteiger charge is -2.28. The van der Waals surface area contributed by atoms with E-state index in [9.17, 15) is 4.79 Å². The van der Waals surface area contributed by atoms with Gasteiger partial charge in [-0.15, -0.1) is 0 Å². The maximum Gasteiger partial charge on any atom is 0.410 e. The fourth-order valence-electron chi connectivity index (χ4n) is 1.26. The van der Waals surface area contributed by atoms with E-state index in [4.69, 9.17) is 14.6 Å². The van der Waals surface area contributed by atoms with E-state index >= 15 is 0 Å². The van der Waals surface area contributed by atoms with Crippen molar-refractivity contribution >= 4 is 12.6 Å². The summed E-state index contributed by atoms with van der Waals surface area (Å²) in [5.74, 6) is 0. The molecule has 0 aromatic carbocycles. The molecular weight excluding hydrogens is 222 g/mol. The number of ether oxygens (including phenoxy) is 1. The van der Waals surface area contributed by atoms with Gasteiger partial charge in [-0.2, -0.15) is 0 Å². The van der Waals surface area contributed by atoms with Crippen molar-refractivity contribution in [1.29, 1.82) is 0 Å². The number of carbonyl (C=O) groups is 2. The van der Waals surface area contributed by atoms with Crippen LogP contribution >= 0.6 is 0 Å². The molecule has 1 heterocycles. The van der Waals surface area contributed by atoms with Crippen LogP contribution in [0.15, 0.2) is 11.6 Å². The third kappa shape index (κ3) is 7.38. The minimum atomic E-state index is -0.396. The standard InChI is InChI=1S/C11H19NO2.CH2O2/c1-9-5-7-12(8-6-9)10(13)14-11(2,3)4;2-1-3/h5H,6-8H2,1-4H3;1H,(H,2,3). The Morgan fingerprint density at radius 1 is 1.53 bits per heavy atom. The smallest absolute Gasteiger partial charge is 0.410 e. The van der Waals surface area contributed by atoms with Crippen LogP contribution in [0.5, 0.6) is 0 Å². The summed E-state index contributed by atoms with van der Waals surface area (Å²) in [5.41, 5.74) is 0.956. The SMILES string of the molecule is CC1=CCN(C(=O)OC(C)(C)C)CC1.O=CO. The maximum atomic E-state index is 11.6. The number of carbonyl (C=O) groups excluding carboxylic acids is 1. The normalized spacial score (nSPS) is 15.3. The van der Waals surface area contributed by atoms with Gasteiger partial charge in [-0.1, -0.05) is 11.6 Å². The van der Waals surface area contributed by atoms with Crippen molar-refractivity contribution in [2.24, 2.45) is 0 Å². The second-order valence-corrected chi connectivity index (χ2v) is 4.83. The maximum absolute atomic E-state index is 11.6. The molecular formula is C12H21NO4. The topological polar surface area (TPSA) is 66.8 Å². The van der Waals surface area contributed by atoms with E-state index in [1.54, 1.807) is 4.90 Å². The largest absolute Gasteiger partial charge is 0.483 e. The van der Waals surface area contributed by atoms with Gasteiger partial charge in [0.1, 0.15) is 5.60 Å². The average Bonchev–Trinajstić information content (AvgIpc) is 2.17. The lowest BCUT2D eigenvalue weighted by molar-refractivity contribution is -0.122. The predicted molar refractivity (Wildman–Crippen MR) is 64.9 cm³/mol. The highest BCUT2D eigenvalue weighted by Crippen LogP contribution is 2.14. The van der Waals surface area contributed by atoms with Crippen molar-refractivity contribution in [3.63, 3.8) is 0 Å². The second kappa shape index (κ2) is 6.93. The first-order valence-corrected chi connectivity index (χ1v) is 5.51. The van der Waals surface area contributed by atoms with Crippen LogP contribution < -0.4 is 0 Å². The summed E-state index contributed by atoms with van der Waals surface area (Å²) in [6, 6.07) is 0. The molecule has 0 spiro atoms. The third-order valence-electron chi connectivity index (χ3n) is 2.09. The molecule has 5 heteroatoms. The molecule has 0 saturated carbocycles. The van der Waals surface area contributed by atoms with Gasteiger partial charge in [0.05, 0.1) is 0 Å². The molecule has 0 unspecified atom stereocenters. The van der Waals surface area contributed by atoms with Crippen molar-refractivity contribution in [3.8, 4) is 0 Å². The van der Waals surface area contributed by atoms with Crippen molar-refractivity contribution in [2.75, 3.05) is 13.1 Å². The van der Waals surface area contributed by atoms with Crippen LogP contribution in [0.25, 0.3) is 0 Å². The lowest BCUT2D eigenvalue weighted by atomic mass is 10.1. The van der Waals surface area contributed by atoms with Crippen molar-refractivity contribution in [2.45, 2.75) is 39.7 Å². The van der Waals surface area contributed by atoms with Gasteiger partial charge in [0.25, 0.3) is 6.47 Å². The van der Waals surface area contributed by atoms with Crippen LogP contribution in [0.4, 0.5) is 4.79 Å². The summed E-state index contributed by atoms with van der Waals surface area (Å²) in [6.07, 6.45) is 2.83. The third-order valence-corrected chi connectivity index (χ3v) is 2.09. The van der Waals surface area contributed by atoms with Crippen molar-refractivity contribution in [3.05, 3.63) is 11.6 Å². The predicted octanol–water partition coefficient (Wildman–Crippen LogP) is 2.27. The van der Waals surface area contributed by atoms with Crippen LogP contribution in [0.3, 0.4) is 0 Å². The highest BCUT2D eigenvalue weighted by molar-refractivity contribution is 5.68. The van der Waals surface area contributed by atoms with Gasteiger partial charge < -0.3 is 14.7 Å². The minimum absolute atomic E-state index is 0.207. The fourth-order valence-corrected chi connectivity index (χ4v) is 1.26. The summed E-state index contributed by atoms with van der Waals surface area (Å²) >= 11 is 0. The molecule has 1 rings (SSSR count). The number of amides is 1. The number of rotatable bonds is 0. The van der Waals surface area contributed by atoms with Crippen LogP contribution in [-0.4, -0.2) is 41.3 Å². The molecule has 0 radical (unpaired) electrons. The summed E-state index contributed by atoms with van der Waals surface area (Å²) in [5, 5.41) is 6.89. The Bertz CT molecular complexity index is 291. The first-order valence-electron chi connectivity index (χ1n) is 5.51. The molecule has 0 bridgehead atoms. The second-order valence-electron chi connectivity index (χ2n) is 4.83. The Balaban J connectivity index is 0.000000770. The molecule has 0 atom stereocenters. The van der Waals surface area contributed by atoms with Gasteiger partial charge in [0.2, 0.25) is 0 Å². The van der Waals surface area contributed by atoms with Crippen molar-refractivity contribution in [1.82, 2.24) is 4.90 Å². The molecule has 5 nitrogen and oxygen atoms in total. The van der Waals surface area contributed by atoms with Crippen LogP contribution in [0.2, 0.25) is 0 Å². The Hall–Kier alpha value is -1.52. The van der Waals surface area contributed by atoms with Crippen LogP contribution in [-0.2, 0) is 9.53 Å². The monoisotopic (exact) mass is 243 g/mol. The molecule has 1 aliphatic rings. The highest BCUT2D eigenvalue weighted by atomic mass is 16.6. The fraction of sp³-hybridized carbons (Fsp3) is 0.667. The van der Waals surface area contributed by atoms with Gasteiger partial charge >= 0.3 is 6.09 Å². The van der Waals surface area contributed by atoms with E-state index in [2.05, 4.69) is 13.0 Å². The molecule has 1 aliphatic heterocycles. The van der Waals surface area contributed by atoms with Gasteiger partial charge in [-0.05, 0) is 34.1 Å². The Labute approximate surface area is 102 Å². The van der Waals surface area contributed by atoms with E-state index in [-0.39, 0.29) is 12.6 Å². The van der Waals surface area contributed by atoms with Gasteiger partial charge in [0, 0.05) is 13.1 Å². The Kier molecular flexibility index (Phi) is 6.31. The lowest BCUT2D eigenvalue weighted by Crippen LogP contribution is -2.39. The summed E-state index contributed by atoms with van der Waals surface area (Å²) < 4.78 is 5.27. The zero-order valence-electron chi connectivity index (χ0n) is 10.9. The molecule has 1 amide bonds. The molecule has 1 N–H and O–H groups in total. The molecule has 0 saturated heterocycles. The van der Waals surface area contributed by atoms with E-state index < -0.39 is 5.60 Å². The van der Waals surface area contributed by atoms with E-state index in [0.717, 1.165) is 13.0 Å². The zero-order valence-corrected chi connectivity index (χ0v) is 10.9. The first-order chi connectivity index (χ1) is 7.80. The molecule has 0 aliphatic carbocycles. The summed E-state index contributed by atoms with van der Waals surface area (Å²) in [7, 11) is 0. The number of hydrogen-bond donors (Lipinski definition) is 1. The van der Waals surface area contributed by atoms with Crippen molar-refractivity contribution < 1.29 is 19.4 Å². The molecule has 0 fully saturated rings. The molecule has 17 heavy (non-hydrogen) atoms. The number of nitrogens with zero attached hydrogens (tertiary/aromatic N) is 1. The summed E-state index contributed by atoms with van der Waals surface area (Å²) in [4.78, 5) is 21.7. The highest BCUT2D eigenvalue weighted by Gasteiger charge is 2.22. The molecule has 98 valence electrons. The average molecular weight is 243 g/mol. The summed E-state index contributed by atoms with van der Waals surface area (Å²) in [6.45, 7) is 8.95. The number of hydrogen-bond acceptors (Lipinski definition) is 3. The van der Waals surface area contributed by atoms with E-state index in [1.807, 2.05) is 20.8 Å². The zero-order chi connectivity index (χ0) is 13.5. The number of carboxylic acid groups (broad SMARTS) is 1. The van der Waals surface area contributed by atoms with Gasteiger partial charge in [-0.3, -0.25) is 4.79 Å². The Morgan fingerprint density at radius 2 is 2.06 bits per heavy atom. The van der Waals surface area contributed by atoms with Crippen LogP contribution in [0, 0.1) is 0 Å². The molecule has 0 aromatic rings. The van der Waals surface area contributed by atoms with Gasteiger partial charge in [0.15, 0.2) is 0 Å². The van der Waals surface area contributed by atoms with Crippen LogP contribution in [0.1, 0.15) is 34.1 Å². The minimum Gasteiger partial charge on any atom is -0.483 e.